The molecule has 2 aliphatic heterocycles. The Bertz CT molecular complexity index is 544. The minimum atomic E-state index is -4.48. The zero-order chi connectivity index (χ0) is 15.7. The van der Waals surface area contributed by atoms with E-state index in [4.69, 9.17) is 0 Å². The lowest BCUT2D eigenvalue weighted by Gasteiger charge is -2.32. The molecular weight excluding hydrogens is 295 g/mol. The van der Waals surface area contributed by atoms with E-state index in [1.165, 1.54) is 12.5 Å². The summed E-state index contributed by atoms with van der Waals surface area (Å²) in [6, 6.07) is 2.46. The largest absolute Gasteiger partial charge is 0.433 e. The Kier molecular flexibility index (Phi) is 4.08. The summed E-state index contributed by atoms with van der Waals surface area (Å²) in [4.78, 5) is 17.9. The fourth-order valence-electron chi connectivity index (χ4n) is 3.36. The molecule has 0 saturated carbocycles. The van der Waals surface area contributed by atoms with E-state index >= 15 is 0 Å². The van der Waals surface area contributed by atoms with Gasteiger partial charge in [-0.15, -0.1) is 0 Å². The van der Waals surface area contributed by atoms with E-state index in [1.54, 1.807) is 0 Å². The van der Waals surface area contributed by atoms with Crippen LogP contribution in [0.2, 0.25) is 0 Å². The summed E-state index contributed by atoms with van der Waals surface area (Å²) in [7, 11) is 0. The summed E-state index contributed by atoms with van der Waals surface area (Å²) < 4.78 is 37.4. The van der Waals surface area contributed by atoms with Crippen LogP contribution in [-0.2, 0) is 6.18 Å². The van der Waals surface area contributed by atoms with Gasteiger partial charge in [-0.25, -0.2) is 0 Å². The Labute approximate surface area is 126 Å². The number of pyridine rings is 1. The molecule has 22 heavy (non-hydrogen) atoms. The SMILES string of the molecule is O=C(N[C@H]1CCN2CCCC[C@H]12)c1ccc(C(F)(F)F)nc1. The van der Waals surface area contributed by atoms with Crippen molar-refractivity contribution in [3.8, 4) is 0 Å². The average Bonchev–Trinajstić information content (AvgIpc) is 2.90. The zero-order valence-electron chi connectivity index (χ0n) is 12.1. The molecule has 1 aromatic heterocycles. The van der Waals surface area contributed by atoms with Gasteiger partial charge >= 0.3 is 6.18 Å². The van der Waals surface area contributed by atoms with Crippen LogP contribution < -0.4 is 5.32 Å². The lowest BCUT2D eigenvalue weighted by Crippen LogP contribution is -2.46. The summed E-state index contributed by atoms with van der Waals surface area (Å²) in [6.07, 6.45) is 0.824. The van der Waals surface area contributed by atoms with Crippen molar-refractivity contribution in [2.45, 2.75) is 43.9 Å². The van der Waals surface area contributed by atoms with Gasteiger partial charge < -0.3 is 5.32 Å². The van der Waals surface area contributed by atoms with E-state index < -0.39 is 11.9 Å². The molecule has 1 aromatic rings. The highest BCUT2D eigenvalue weighted by molar-refractivity contribution is 5.94. The van der Waals surface area contributed by atoms with Crippen LogP contribution >= 0.6 is 0 Å². The van der Waals surface area contributed by atoms with Crippen molar-refractivity contribution >= 4 is 5.91 Å². The maximum Gasteiger partial charge on any atom is 0.433 e. The standard InChI is InChI=1S/C15H18F3N3O/c16-15(17,18)13-5-4-10(9-19-13)14(22)20-11-6-8-21-7-2-1-3-12(11)21/h4-5,9,11-12H,1-3,6-8H2,(H,20,22)/t11-,12+/m0/s1. The predicted molar refractivity (Wildman–Crippen MR) is 74.3 cm³/mol. The molecule has 2 atom stereocenters. The highest BCUT2D eigenvalue weighted by Crippen LogP contribution is 2.28. The van der Waals surface area contributed by atoms with Crippen molar-refractivity contribution in [1.82, 2.24) is 15.2 Å². The maximum atomic E-state index is 12.5. The van der Waals surface area contributed by atoms with Gasteiger partial charge in [-0.3, -0.25) is 14.7 Å². The molecular formula is C15H18F3N3O. The summed E-state index contributed by atoms with van der Waals surface area (Å²) in [5.74, 6) is -0.348. The van der Waals surface area contributed by atoms with Gasteiger partial charge in [-0.2, -0.15) is 13.2 Å². The summed E-state index contributed by atoms with van der Waals surface area (Å²) in [6.45, 7) is 2.04. The van der Waals surface area contributed by atoms with Crippen LogP contribution in [0.5, 0.6) is 0 Å². The smallest absolute Gasteiger partial charge is 0.348 e. The van der Waals surface area contributed by atoms with E-state index in [9.17, 15) is 18.0 Å². The number of carbonyl (C=O) groups is 1. The topological polar surface area (TPSA) is 45.2 Å². The van der Waals surface area contributed by atoms with Crippen molar-refractivity contribution in [1.29, 1.82) is 0 Å². The third-order valence-electron chi connectivity index (χ3n) is 4.49. The second-order valence-electron chi connectivity index (χ2n) is 5.90. The Morgan fingerprint density at radius 1 is 1.23 bits per heavy atom. The number of alkyl halides is 3. The van der Waals surface area contributed by atoms with Crippen LogP contribution in [-0.4, -0.2) is 41.0 Å². The fraction of sp³-hybridized carbons (Fsp3) is 0.600. The number of hydrogen-bond acceptors (Lipinski definition) is 3. The van der Waals surface area contributed by atoms with Crippen LogP contribution in [0, 0.1) is 0 Å². The molecule has 3 rings (SSSR count). The highest BCUT2D eigenvalue weighted by atomic mass is 19.4. The second kappa shape index (κ2) is 5.87. The number of hydrogen-bond donors (Lipinski definition) is 1. The van der Waals surface area contributed by atoms with Gasteiger partial charge in [0, 0.05) is 24.8 Å². The quantitative estimate of drug-likeness (QED) is 0.912. The molecule has 0 unspecified atom stereocenters. The average molecular weight is 313 g/mol. The Morgan fingerprint density at radius 3 is 2.73 bits per heavy atom. The van der Waals surface area contributed by atoms with Gasteiger partial charge in [0.25, 0.3) is 5.91 Å². The van der Waals surface area contributed by atoms with Gasteiger partial charge in [0.2, 0.25) is 0 Å². The molecule has 0 spiro atoms. The molecule has 7 heteroatoms. The highest BCUT2D eigenvalue weighted by Gasteiger charge is 2.36. The van der Waals surface area contributed by atoms with Gasteiger partial charge in [0.1, 0.15) is 5.69 Å². The van der Waals surface area contributed by atoms with Crippen LogP contribution in [0.25, 0.3) is 0 Å². The second-order valence-corrected chi connectivity index (χ2v) is 5.90. The minimum absolute atomic E-state index is 0.0788. The lowest BCUT2D eigenvalue weighted by molar-refractivity contribution is -0.141. The van der Waals surface area contributed by atoms with E-state index in [1.807, 2.05) is 0 Å². The third kappa shape index (κ3) is 3.09. The Hall–Kier alpha value is -1.63. The molecule has 2 aliphatic rings. The lowest BCUT2D eigenvalue weighted by atomic mass is 9.99. The molecule has 120 valence electrons. The molecule has 0 bridgehead atoms. The van der Waals surface area contributed by atoms with Crippen molar-refractivity contribution in [3.05, 3.63) is 29.6 Å². The minimum Gasteiger partial charge on any atom is -0.348 e. The first-order chi connectivity index (χ1) is 10.4. The summed E-state index contributed by atoms with van der Waals surface area (Å²) in [5, 5.41) is 2.95. The number of fused-ring (bicyclic) bond motifs is 1. The van der Waals surface area contributed by atoms with E-state index in [-0.39, 0.29) is 17.5 Å². The number of nitrogens with one attached hydrogen (secondary N) is 1. The Morgan fingerprint density at radius 2 is 2.05 bits per heavy atom. The number of carbonyl (C=O) groups excluding carboxylic acids is 1. The van der Waals surface area contributed by atoms with Crippen molar-refractivity contribution < 1.29 is 18.0 Å². The molecule has 4 nitrogen and oxygen atoms in total. The third-order valence-corrected chi connectivity index (χ3v) is 4.49. The van der Waals surface area contributed by atoms with Gasteiger partial charge in [-0.1, -0.05) is 6.42 Å². The van der Waals surface area contributed by atoms with E-state index in [2.05, 4.69) is 15.2 Å². The first-order valence-corrected chi connectivity index (χ1v) is 7.53. The molecule has 0 radical (unpaired) electrons. The maximum absolute atomic E-state index is 12.5. The fourth-order valence-corrected chi connectivity index (χ4v) is 3.36. The molecule has 2 saturated heterocycles. The van der Waals surface area contributed by atoms with E-state index in [0.717, 1.165) is 44.6 Å². The summed E-state index contributed by atoms with van der Waals surface area (Å²) >= 11 is 0. The molecule has 0 aliphatic carbocycles. The molecule has 0 aromatic carbocycles. The molecule has 3 heterocycles. The first-order valence-electron chi connectivity index (χ1n) is 7.53. The van der Waals surface area contributed by atoms with E-state index in [0.29, 0.717) is 6.04 Å². The van der Waals surface area contributed by atoms with Crippen molar-refractivity contribution in [3.63, 3.8) is 0 Å². The van der Waals surface area contributed by atoms with Crippen LogP contribution in [0.4, 0.5) is 13.2 Å². The first kappa shape index (κ1) is 15.3. The molecule has 1 amide bonds. The molecule has 2 fully saturated rings. The van der Waals surface area contributed by atoms with Crippen LogP contribution in [0.15, 0.2) is 18.3 Å². The van der Waals surface area contributed by atoms with Crippen molar-refractivity contribution in [2.75, 3.05) is 13.1 Å². The number of amides is 1. The number of aromatic nitrogens is 1. The zero-order valence-corrected chi connectivity index (χ0v) is 12.1. The van der Waals surface area contributed by atoms with Crippen LogP contribution in [0.1, 0.15) is 41.7 Å². The van der Waals surface area contributed by atoms with Gasteiger partial charge in [0.05, 0.1) is 5.56 Å². The molecule has 1 N–H and O–H groups in total. The number of nitrogens with zero attached hydrogens (tertiary/aromatic N) is 2. The monoisotopic (exact) mass is 313 g/mol. The van der Waals surface area contributed by atoms with Gasteiger partial charge in [0.15, 0.2) is 0 Å². The number of rotatable bonds is 2. The predicted octanol–water partition coefficient (Wildman–Crippen LogP) is 2.46. The summed E-state index contributed by atoms with van der Waals surface area (Å²) in [5.41, 5.74) is -0.814. The number of halogens is 3. The van der Waals surface area contributed by atoms with Crippen molar-refractivity contribution in [2.24, 2.45) is 0 Å². The Balaban J connectivity index is 1.64. The number of piperidine rings is 1. The van der Waals surface area contributed by atoms with Crippen LogP contribution in [0.3, 0.4) is 0 Å². The normalized spacial score (nSPS) is 25.8. The van der Waals surface area contributed by atoms with Gasteiger partial charge in [-0.05, 0) is 37.9 Å².